The highest BCUT2D eigenvalue weighted by Crippen LogP contribution is 2.03. The minimum Gasteiger partial charge on any atom is -0.481 e. The van der Waals surface area contributed by atoms with Gasteiger partial charge in [-0.25, -0.2) is 4.79 Å². The molecule has 1 unspecified atom stereocenters. The molecule has 0 aromatic heterocycles. The maximum absolute atomic E-state index is 11.4. The number of unbranched alkanes of at least 4 members (excludes halogenated alkanes) is 1. The van der Waals surface area contributed by atoms with E-state index in [0.29, 0.717) is 25.9 Å². The Balaban J connectivity index is 3.37. The average Bonchev–Trinajstić information content (AvgIpc) is 2.33. The maximum atomic E-state index is 11.4. The number of hydrogen-bond donors (Lipinski definition) is 3. The molecule has 0 fully saturated rings. The van der Waals surface area contributed by atoms with Crippen LogP contribution in [0.5, 0.6) is 0 Å². The predicted molar refractivity (Wildman–Crippen MR) is 75.2 cm³/mol. The van der Waals surface area contributed by atoms with Crippen molar-refractivity contribution < 1.29 is 14.7 Å². The summed E-state index contributed by atoms with van der Waals surface area (Å²) in [6.45, 7) is 3.88. The Morgan fingerprint density at radius 3 is 2.21 bits per heavy atom. The molecule has 0 rings (SSSR count). The molecular weight excluding hydrogens is 246 g/mol. The lowest BCUT2D eigenvalue weighted by Crippen LogP contribution is -2.36. The largest absolute Gasteiger partial charge is 0.481 e. The van der Waals surface area contributed by atoms with Crippen LogP contribution in [0.1, 0.15) is 32.6 Å². The van der Waals surface area contributed by atoms with Gasteiger partial charge < -0.3 is 20.6 Å². The quantitative estimate of drug-likeness (QED) is 0.521. The fourth-order valence-corrected chi connectivity index (χ4v) is 1.55. The molecule has 0 aliphatic heterocycles. The van der Waals surface area contributed by atoms with Crippen LogP contribution in [0.25, 0.3) is 0 Å². The van der Waals surface area contributed by atoms with Crippen LogP contribution in [0.4, 0.5) is 4.79 Å². The first-order valence-corrected chi connectivity index (χ1v) is 6.82. The van der Waals surface area contributed by atoms with Crippen LogP contribution in [-0.2, 0) is 4.79 Å². The van der Waals surface area contributed by atoms with E-state index in [2.05, 4.69) is 15.5 Å². The second-order valence-corrected chi connectivity index (χ2v) is 5.07. The second-order valence-electron chi connectivity index (χ2n) is 5.07. The smallest absolute Gasteiger partial charge is 0.314 e. The zero-order valence-corrected chi connectivity index (χ0v) is 12.2. The van der Waals surface area contributed by atoms with Crippen LogP contribution in [0.15, 0.2) is 0 Å². The maximum Gasteiger partial charge on any atom is 0.314 e. The number of carboxylic acids is 1. The van der Waals surface area contributed by atoms with Gasteiger partial charge in [0.25, 0.3) is 0 Å². The van der Waals surface area contributed by atoms with Gasteiger partial charge in [0.05, 0.1) is 5.92 Å². The Labute approximate surface area is 115 Å². The molecule has 0 spiro atoms. The van der Waals surface area contributed by atoms with Crippen molar-refractivity contribution in [3.05, 3.63) is 0 Å². The second kappa shape index (κ2) is 10.6. The fraction of sp³-hybridized carbons (Fsp3) is 0.846. The third-order valence-corrected chi connectivity index (χ3v) is 2.84. The monoisotopic (exact) mass is 273 g/mol. The number of carbonyl (C=O) groups excluding carboxylic acids is 1. The van der Waals surface area contributed by atoms with E-state index in [9.17, 15) is 9.59 Å². The van der Waals surface area contributed by atoms with Crippen LogP contribution in [0.3, 0.4) is 0 Å². The third kappa shape index (κ3) is 11.5. The topological polar surface area (TPSA) is 81.7 Å². The first-order chi connectivity index (χ1) is 8.93. The van der Waals surface area contributed by atoms with Crippen molar-refractivity contribution in [1.29, 1.82) is 0 Å². The van der Waals surface area contributed by atoms with Crippen molar-refractivity contribution in [3.63, 3.8) is 0 Å². The lowest BCUT2D eigenvalue weighted by Gasteiger charge is -2.10. The van der Waals surface area contributed by atoms with E-state index in [1.54, 1.807) is 6.92 Å². The normalized spacial score (nSPS) is 12.2. The summed E-state index contributed by atoms with van der Waals surface area (Å²) in [6.07, 6.45) is 3.28. The number of aliphatic carboxylic acids is 1. The summed E-state index contributed by atoms with van der Waals surface area (Å²) < 4.78 is 0. The van der Waals surface area contributed by atoms with Gasteiger partial charge in [-0.05, 0) is 46.3 Å². The Kier molecular flexibility index (Phi) is 9.88. The SMILES string of the molecule is CC(CCCNC(=O)NCCCCN(C)C)C(=O)O. The molecule has 0 aromatic carbocycles. The van der Waals surface area contributed by atoms with Crippen LogP contribution in [0.2, 0.25) is 0 Å². The summed E-state index contributed by atoms with van der Waals surface area (Å²) in [5, 5.41) is 14.2. The van der Waals surface area contributed by atoms with E-state index in [1.165, 1.54) is 0 Å². The molecule has 1 atom stereocenters. The standard InChI is InChI=1S/C13H27N3O3/c1-11(12(17)18)7-6-9-15-13(19)14-8-4-5-10-16(2)3/h11H,4-10H2,1-3H3,(H,17,18)(H2,14,15,19). The number of nitrogens with zero attached hydrogens (tertiary/aromatic N) is 1. The fourth-order valence-electron chi connectivity index (χ4n) is 1.55. The van der Waals surface area contributed by atoms with Crippen molar-refractivity contribution in [3.8, 4) is 0 Å². The molecular formula is C13H27N3O3. The van der Waals surface area contributed by atoms with Crippen LogP contribution in [0, 0.1) is 5.92 Å². The van der Waals surface area contributed by atoms with Gasteiger partial charge in [-0.2, -0.15) is 0 Å². The van der Waals surface area contributed by atoms with Gasteiger partial charge in [0.2, 0.25) is 0 Å². The number of nitrogens with one attached hydrogen (secondary N) is 2. The Morgan fingerprint density at radius 2 is 1.68 bits per heavy atom. The van der Waals surface area contributed by atoms with Crippen LogP contribution < -0.4 is 10.6 Å². The zero-order chi connectivity index (χ0) is 14.7. The first-order valence-electron chi connectivity index (χ1n) is 6.82. The van der Waals surface area contributed by atoms with Crippen molar-refractivity contribution in [2.24, 2.45) is 5.92 Å². The number of hydrogen-bond acceptors (Lipinski definition) is 3. The van der Waals surface area contributed by atoms with E-state index in [-0.39, 0.29) is 11.9 Å². The zero-order valence-electron chi connectivity index (χ0n) is 12.2. The highest BCUT2D eigenvalue weighted by molar-refractivity contribution is 5.73. The van der Waals surface area contributed by atoms with Crippen molar-refractivity contribution in [2.45, 2.75) is 32.6 Å². The minimum absolute atomic E-state index is 0.173. The average molecular weight is 273 g/mol. The molecule has 2 amide bonds. The summed E-state index contributed by atoms with van der Waals surface area (Å²) >= 11 is 0. The van der Waals surface area contributed by atoms with Gasteiger partial charge in [-0.1, -0.05) is 6.92 Å². The molecule has 0 heterocycles. The van der Waals surface area contributed by atoms with E-state index in [4.69, 9.17) is 5.11 Å². The highest BCUT2D eigenvalue weighted by atomic mass is 16.4. The molecule has 6 heteroatoms. The Morgan fingerprint density at radius 1 is 1.11 bits per heavy atom. The molecule has 0 aliphatic carbocycles. The molecule has 0 saturated carbocycles. The summed E-state index contributed by atoms with van der Waals surface area (Å²) in [5.74, 6) is -1.14. The van der Waals surface area contributed by atoms with Gasteiger partial charge in [0, 0.05) is 13.1 Å². The summed E-state index contributed by atoms with van der Waals surface area (Å²) in [4.78, 5) is 24.1. The van der Waals surface area contributed by atoms with E-state index in [0.717, 1.165) is 19.4 Å². The number of carbonyl (C=O) groups is 2. The van der Waals surface area contributed by atoms with Gasteiger partial charge >= 0.3 is 12.0 Å². The van der Waals surface area contributed by atoms with E-state index >= 15 is 0 Å². The molecule has 0 radical (unpaired) electrons. The van der Waals surface area contributed by atoms with E-state index < -0.39 is 5.97 Å². The predicted octanol–water partition coefficient (Wildman–Crippen LogP) is 1.13. The minimum atomic E-state index is -0.787. The molecule has 112 valence electrons. The molecule has 6 nitrogen and oxygen atoms in total. The van der Waals surface area contributed by atoms with Gasteiger partial charge in [-0.15, -0.1) is 0 Å². The summed E-state index contributed by atoms with van der Waals surface area (Å²) in [7, 11) is 4.05. The summed E-state index contributed by atoms with van der Waals surface area (Å²) in [6, 6.07) is -0.173. The van der Waals surface area contributed by atoms with E-state index in [1.807, 2.05) is 14.1 Å². The Hall–Kier alpha value is -1.30. The third-order valence-electron chi connectivity index (χ3n) is 2.84. The molecule has 3 N–H and O–H groups in total. The molecule has 0 bridgehead atoms. The number of urea groups is 1. The molecule has 19 heavy (non-hydrogen) atoms. The Bertz CT molecular complexity index is 270. The van der Waals surface area contributed by atoms with Crippen LogP contribution in [-0.4, -0.2) is 55.7 Å². The van der Waals surface area contributed by atoms with Crippen molar-refractivity contribution in [2.75, 3.05) is 33.7 Å². The number of amides is 2. The van der Waals surface area contributed by atoms with Gasteiger partial charge in [-0.3, -0.25) is 4.79 Å². The number of rotatable bonds is 10. The molecule has 0 aromatic rings. The van der Waals surface area contributed by atoms with Gasteiger partial charge in [0.1, 0.15) is 0 Å². The first kappa shape index (κ1) is 17.7. The number of carboxylic acid groups (broad SMARTS) is 1. The van der Waals surface area contributed by atoms with Crippen LogP contribution >= 0.6 is 0 Å². The summed E-state index contributed by atoms with van der Waals surface area (Å²) in [5.41, 5.74) is 0. The lowest BCUT2D eigenvalue weighted by molar-refractivity contribution is -0.141. The van der Waals surface area contributed by atoms with Gasteiger partial charge in [0.15, 0.2) is 0 Å². The molecule has 0 saturated heterocycles. The van der Waals surface area contributed by atoms with Crippen molar-refractivity contribution in [1.82, 2.24) is 15.5 Å². The molecule has 0 aliphatic rings. The lowest BCUT2D eigenvalue weighted by atomic mass is 10.1. The highest BCUT2D eigenvalue weighted by Gasteiger charge is 2.09. The van der Waals surface area contributed by atoms with Crippen molar-refractivity contribution >= 4 is 12.0 Å².